The lowest BCUT2D eigenvalue weighted by atomic mass is 9.99. The van der Waals surface area contributed by atoms with Crippen molar-refractivity contribution in [3.8, 4) is 0 Å². The summed E-state index contributed by atoms with van der Waals surface area (Å²) in [7, 11) is 0. The van der Waals surface area contributed by atoms with Gasteiger partial charge < -0.3 is 14.8 Å². The van der Waals surface area contributed by atoms with Crippen molar-refractivity contribution in [1.82, 2.24) is 5.32 Å². The quantitative estimate of drug-likeness (QED) is 0.591. The lowest BCUT2D eigenvalue weighted by molar-refractivity contribution is -0.152. The molecule has 0 bridgehead atoms. The third-order valence-electron chi connectivity index (χ3n) is 3.33. The van der Waals surface area contributed by atoms with Gasteiger partial charge in [-0.3, -0.25) is 9.59 Å². The van der Waals surface area contributed by atoms with Crippen molar-refractivity contribution >= 4 is 17.7 Å². The molecule has 1 aromatic rings. The van der Waals surface area contributed by atoms with Gasteiger partial charge in [-0.15, -0.1) is 0 Å². The molecule has 22 heavy (non-hydrogen) atoms. The number of rotatable bonds is 8. The lowest BCUT2D eigenvalue weighted by Crippen LogP contribution is -2.38. The van der Waals surface area contributed by atoms with Crippen LogP contribution in [0.3, 0.4) is 0 Å². The first-order valence-electron chi connectivity index (χ1n) is 7.47. The van der Waals surface area contributed by atoms with Crippen LogP contribution in [0.2, 0.25) is 0 Å². The largest absolute Gasteiger partial charge is 0.465 e. The fourth-order valence-electron chi connectivity index (χ4n) is 2.09. The van der Waals surface area contributed by atoms with Crippen molar-refractivity contribution in [3.05, 3.63) is 35.9 Å². The normalized spacial score (nSPS) is 13.0. The van der Waals surface area contributed by atoms with Crippen molar-refractivity contribution in [2.24, 2.45) is 5.92 Å². The van der Waals surface area contributed by atoms with E-state index in [0.717, 1.165) is 5.56 Å². The first kappa shape index (κ1) is 17.9. The van der Waals surface area contributed by atoms with Crippen LogP contribution < -0.4 is 5.32 Å². The van der Waals surface area contributed by atoms with E-state index in [-0.39, 0.29) is 31.3 Å². The van der Waals surface area contributed by atoms with Crippen molar-refractivity contribution in [2.45, 2.75) is 39.7 Å². The third kappa shape index (κ3) is 5.68. The Balaban J connectivity index is 2.73. The van der Waals surface area contributed by atoms with Gasteiger partial charge in [0.05, 0.1) is 12.6 Å². The van der Waals surface area contributed by atoms with Gasteiger partial charge in [-0.1, -0.05) is 30.3 Å². The summed E-state index contributed by atoms with van der Waals surface area (Å²) in [5.41, 5.74) is 0.949. The van der Waals surface area contributed by atoms with Crippen LogP contribution in [-0.2, 0) is 19.1 Å². The maximum Gasteiger partial charge on any atom is 0.318 e. The fourth-order valence-corrected chi connectivity index (χ4v) is 2.09. The monoisotopic (exact) mass is 305 g/mol. The van der Waals surface area contributed by atoms with Gasteiger partial charge in [0, 0.05) is 6.42 Å². The topological polar surface area (TPSA) is 72.5 Å². The highest BCUT2D eigenvalue weighted by Crippen LogP contribution is 2.15. The van der Waals surface area contributed by atoms with Gasteiger partial charge in [0.2, 0.25) is 5.91 Å². The summed E-state index contributed by atoms with van der Waals surface area (Å²) in [6.45, 7) is 5.18. The maximum absolute atomic E-state index is 12.3. The SMILES string of the molecule is CCOC(=O)C(CCC(C)=O)C(=O)N[C@@H](C)c1ccccc1. The predicted octanol–water partition coefficient (Wildman–Crippen LogP) is 2.41. The number of nitrogens with one attached hydrogen (secondary N) is 1. The van der Waals surface area contributed by atoms with E-state index >= 15 is 0 Å². The molecule has 0 spiro atoms. The molecule has 0 aromatic heterocycles. The average molecular weight is 305 g/mol. The summed E-state index contributed by atoms with van der Waals surface area (Å²) in [5, 5.41) is 2.81. The van der Waals surface area contributed by atoms with Gasteiger partial charge in [0.15, 0.2) is 0 Å². The number of ketones is 1. The maximum atomic E-state index is 12.3. The number of amides is 1. The Morgan fingerprint density at radius 3 is 2.36 bits per heavy atom. The Kier molecular flexibility index (Phi) is 7.29. The van der Waals surface area contributed by atoms with E-state index in [1.54, 1.807) is 6.92 Å². The molecule has 1 unspecified atom stereocenters. The molecule has 1 rings (SSSR count). The van der Waals surface area contributed by atoms with E-state index in [0.29, 0.717) is 0 Å². The molecule has 120 valence electrons. The summed E-state index contributed by atoms with van der Waals surface area (Å²) in [4.78, 5) is 35.4. The molecular formula is C17H23NO4. The average Bonchev–Trinajstić information content (AvgIpc) is 2.48. The van der Waals surface area contributed by atoms with Crippen molar-refractivity contribution in [3.63, 3.8) is 0 Å². The number of benzene rings is 1. The zero-order valence-electron chi connectivity index (χ0n) is 13.3. The number of Topliss-reactive ketones (excluding diaryl/α,β-unsaturated/α-hetero) is 1. The number of carbonyl (C=O) groups excluding carboxylic acids is 3. The van der Waals surface area contributed by atoms with Crippen molar-refractivity contribution < 1.29 is 19.1 Å². The molecule has 0 aliphatic heterocycles. The van der Waals surface area contributed by atoms with Crippen LogP contribution in [0.15, 0.2) is 30.3 Å². The number of hydrogen-bond acceptors (Lipinski definition) is 4. The van der Waals surface area contributed by atoms with E-state index < -0.39 is 17.8 Å². The minimum atomic E-state index is -0.949. The molecule has 0 heterocycles. The molecule has 0 saturated heterocycles. The smallest absolute Gasteiger partial charge is 0.318 e. The summed E-state index contributed by atoms with van der Waals surface area (Å²) in [6.07, 6.45) is 0.345. The summed E-state index contributed by atoms with van der Waals surface area (Å²) < 4.78 is 4.93. The molecule has 5 heteroatoms. The van der Waals surface area contributed by atoms with Gasteiger partial charge in [-0.2, -0.15) is 0 Å². The second-order valence-electron chi connectivity index (χ2n) is 5.19. The molecule has 5 nitrogen and oxygen atoms in total. The van der Waals surface area contributed by atoms with Crippen LogP contribution in [0.5, 0.6) is 0 Å². The van der Waals surface area contributed by atoms with Gasteiger partial charge in [-0.05, 0) is 32.8 Å². The van der Waals surface area contributed by atoms with Crippen molar-refractivity contribution in [1.29, 1.82) is 0 Å². The van der Waals surface area contributed by atoms with Gasteiger partial charge >= 0.3 is 5.97 Å². The summed E-state index contributed by atoms with van der Waals surface area (Å²) >= 11 is 0. The van der Waals surface area contributed by atoms with E-state index in [9.17, 15) is 14.4 Å². The minimum absolute atomic E-state index is 0.0572. The second kappa shape index (κ2) is 8.97. The number of hydrogen-bond donors (Lipinski definition) is 1. The number of carbonyl (C=O) groups is 3. The molecule has 0 fully saturated rings. The van der Waals surface area contributed by atoms with Crippen LogP contribution in [-0.4, -0.2) is 24.3 Å². The first-order chi connectivity index (χ1) is 10.5. The van der Waals surface area contributed by atoms with Gasteiger partial charge in [0.25, 0.3) is 0 Å². The van der Waals surface area contributed by atoms with E-state index in [4.69, 9.17) is 4.74 Å². The fraction of sp³-hybridized carbons (Fsp3) is 0.471. The van der Waals surface area contributed by atoms with Crippen LogP contribution in [0.1, 0.15) is 45.2 Å². The molecule has 0 aliphatic carbocycles. The van der Waals surface area contributed by atoms with Gasteiger partial charge in [0.1, 0.15) is 11.7 Å². The summed E-state index contributed by atoms with van der Waals surface area (Å²) in [5.74, 6) is -1.99. The highest BCUT2D eigenvalue weighted by atomic mass is 16.5. The van der Waals surface area contributed by atoms with Crippen molar-refractivity contribution in [2.75, 3.05) is 6.61 Å². The Hall–Kier alpha value is -2.17. The lowest BCUT2D eigenvalue weighted by Gasteiger charge is -2.19. The minimum Gasteiger partial charge on any atom is -0.465 e. The Morgan fingerprint density at radius 2 is 1.82 bits per heavy atom. The number of ether oxygens (including phenoxy) is 1. The van der Waals surface area contributed by atoms with E-state index in [1.165, 1.54) is 6.92 Å². The van der Waals surface area contributed by atoms with E-state index in [1.807, 2.05) is 37.3 Å². The number of esters is 1. The third-order valence-corrected chi connectivity index (χ3v) is 3.33. The van der Waals surface area contributed by atoms with Crippen LogP contribution in [0, 0.1) is 5.92 Å². The predicted molar refractivity (Wildman–Crippen MR) is 83.0 cm³/mol. The molecule has 0 radical (unpaired) electrons. The highest BCUT2D eigenvalue weighted by molar-refractivity contribution is 5.98. The zero-order chi connectivity index (χ0) is 16.5. The van der Waals surface area contributed by atoms with Crippen LogP contribution in [0.25, 0.3) is 0 Å². The van der Waals surface area contributed by atoms with E-state index in [2.05, 4.69) is 5.32 Å². The van der Waals surface area contributed by atoms with Crippen LogP contribution in [0.4, 0.5) is 0 Å². The molecule has 0 saturated carbocycles. The van der Waals surface area contributed by atoms with Gasteiger partial charge in [-0.25, -0.2) is 0 Å². The molecule has 2 atom stereocenters. The highest BCUT2D eigenvalue weighted by Gasteiger charge is 2.29. The Bertz CT molecular complexity index is 513. The molecule has 0 aliphatic rings. The second-order valence-corrected chi connectivity index (χ2v) is 5.19. The first-order valence-corrected chi connectivity index (χ1v) is 7.47. The molecule has 1 amide bonds. The molecule has 1 N–H and O–H groups in total. The molecule has 1 aromatic carbocycles. The summed E-state index contributed by atoms with van der Waals surface area (Å²) in [6, 6.07) is 9.25. The van der Waals surface area contributed by atoms with Crippen LogP contribution >= 0.6 is 0 Å². The Morgan fingerprint density at radius 1 is 1.18 bits per heavy atom. The standard InChI is InChI=1S/C17H23NO4/c1-4-22-17(21)15(11-10-12(2)19)16(20)18-13(3)14-8-6-5-7-9-14/h5-9,13,15H,4,10-11H2,1-3H3,(H,18,20)/t13-,15?/m0/s1. The Labute approximate surface area is 131 Å². The molecular weight excluding hydrogens is 282 g/mol. The zero-order valence-corrected chi connectivity index (χ0v) is 13.3.